The predicted octanol–water partition coefficient (Wildman–Crippen LogP) is 2.24. The smallest absolute Gasteiger partial charge is 0.248 e. The van der Waals surface area contributed by atoms with Crippen molar-refractivity contribution in [2.24, 2.45) is 11.5 Å². The normalized spacial score (nSPS) is 12.4. The molecule has 3 heteroatoms. The van der Waals surface area contributed by atoms with Gasteiger partial charge in [0.2, 0.25) is 5.91 Å². The van der Waals surface area contributed by atoms with Crippen LogP contribution in [-0.2, 0) is 6.42 Å². The molecule has 0 saturated carbocycles. The van der Waals surface area contributed by atoms with E-state index in [2.05, 4.69) is 6.92 Å². The Hall–Kier alpha value is -1.35. The van der Waals surface area contributed by atoms with Crippen LogP contribution in [0.2, 0.25) is 0 Å². The maximum atomic E-state index is 11.2. The number of primary amides is 1. The number of hydrogen-bond donors (Lipinski definition) is 2. The quantitative estimate of drug-likeness (QED) is 0.759. The third-order valence-electron chi connectivity index (χ3n) is 2.96. The van der Waals surface area contributed by atoms with Gasteiger partial charge in [-0.05, 0) is 37.3 Å². The Morgan fingerprint density at radius 3 is 2.65 bits per heavy atom. The van der Waals surface area contributed by atoms with Crippen molar-refractivity contribution >= 4 is 5.91 Å². The molecule has 94 valence electrons. The number of amides is 1. The van der Waals surface area contributed by atoms with Crippen molar-refractivity contribution in [2.75, 3.05) is 0 Å². The molecule has 0 fully saturated rings. The Labute approximate surface area is 103 Å². The standard InChI is InChI=1S/C14H22N2O/c1-2-6-12(15)9-5-8-11-7-3-4-10-13(11)14(16)17/h3-4,7,10,12H,2,5-6,8-9,15H2,1H3,(H2,16,17). The van der Waals surface area contributed by atoms with Crippen LogP contribution in [0.15, 0.2) is 24.3 Å². The minimum Gasteiger partial charge on any atom is -0.366 e. The molecule has 1 aromatic carbocycles. The summed E-state index contributed by atoms with van der Waals surface area (Å²) in [5, 5.41) is 0. The zero-order valence-electron chi connectivity index (χ0n) is 10.5. The van der Waals surface area contributed by atoms with Crippen molar-refractivity contribution in [3.8, 4) is 0 Å². The molecular weight excluding hydrogens is 212 g/mol. The summed E-state index contributed by atoms with van der Waals surface area (Å²) >= 11 is 0. The molecule has 17 heavy (non-hydrogen) atoms. The second kappa shape index (κ2) is 7.07. The van der Waals surface area contributed by atoms with E-state index >= 15 is 0 Å². The molecule has 1 unspecified atom stereocenters. The summed E-state index contributed by atoms with van der Waals surface area (Å²) in [6.45, 7) is 2.14. The predicted molar refractivity (Wildman–Crippen MR) is 70.8 cm³/mol. The second-order valence-corrected chi connectivity index (χ2v) is 4.46. The highest BCUT2D eigenvalue weighted by atomic mass is 16.1. The van der Waals surface area contributed by atoms with Crippen LogP contribution in [0.5, 0.6) is 0 Å². The lowest BCUT2D eigenvalue weighted by Gasteiger charge is -2.11. The maximum absolute atomic E-state index is 11.2. The van der Waals surface area contributed by atoms with E-state index in [1.807, 2.05) is 18.2 Å². The van der Waals surface area contributed by atoms with Crippen molar-refractivity contribution in [3.05, 3.63) is 35.4 Å². The fraction of sp³-hybridized carbons (Fsp3) is 0.500. The zero-order chi connectivity index (χ0) is 12.7. The zero-order valence-corrected chi connectivity index (χ0v) is 10.5. The van der Waals surface area contributed by atoms with Gasteiger partial charge in [0.25, 0.3) is 0 Å². The fourth-order valence-electron chi connectivity index (χ4n) is 2.05. The van der Waals surface area contributed by atoms with Gasteiger partial charge in [-0.1, -0.05) is 31.5 Å². The second-order valence-electron chi connectivity index (χ2n) is 4.46. The lowest BCUT2D eigenvalue weighted by Crippen LogP contribution is -2.19. The highest BCUT2D eigenvalue weighted by Gasteiger charge is 2.07. The summed E-state index contributed by atoms with van der Waals surface area (Å²) in [7, 11) is 0. The number of hydrogen-bond acceptors (Lipinski definition) is 2. The molecule has 0 spiro atoms. The van der Waals surface area contributed by atoms with Crippen molar-refractivity contribution in [2.45, 2.75) is 45.1 Å². The van der Waals surface area contributed by atoms with Crippen LogP contribution in [0.3, 0.4) is 0 Å². The SMILES string of the molecule is CCCC(N)CCCc1ccccc1C(N)=O. The van der Waals surface area contributed by atoms with Crippen LogP contribution in [0, 0.1) is 0 Å². The van der Waals surface area contributed by atoms with Gasteiger partial charge in [0.05, 0.1) is 0 Å². The summed E-state index contributed by atoms with van der Waals surface area (Å²) in [5.41, 5.74) is 13.0. The third kappa shape index (κ3) is 4.57. The minimum atomic E-state index is -0.349. The van der Waals surface area contributed by atoms with Gasteiger partial charge in [-0.3, -0.25) is 4.79 Å². The van der Waals surface area contributed by atoms with E-state index in [0.717, 1.165) is 37.7 Å². The lowest BCUT2D eigenvalue weighted by molar-refractivity contribution is 0.0999. The molecular formula is C14H22N2O. The van der Waals surface area contributed by atoms with Crippen LogP contribution in [-0.4, -0.2) is 11.9 Å². The lowest BCUT2D eigenvalue weighted by atomic mass is 9.99. The van der Waals surface area contributed by atoms with E-state index in [1.54, 1.807) is 6.07 Å². The van der Waals surface area contributed by atoms with Gasteiger partial charge in [-0.25, -0.2) is 0 Å². The van der Waals surface area contributed by atoms with Crippen molar-refractivity contribution < 1.29 is 4.79 Å². The summed E-state index contributed by atoms with van der Waals surface area (Å²) in [6, 6.07) is 7.80. The molecule has 0 saturated heterocycles. The van der Waals surface area contributed by atoms with E-state index < -0.39 is 0 Å². The number of benzene rings is 1. The van der Waals surface area contributed by atoms with E-state index in [0.29, 0.717) is 5.56 Å². The molecule has 0 radical (unpaired) electrons. The Morgan fingerprint density at radius 1 is 1.29 bits per heavy atom. The van der Waals surface area contributed by atoms with Gasteiger partial charge in [-0.15, -0.1) is 0 Å². The van der Waals surface area contributed by atoms with Crippen LogP contribution >= 0.6 is 0 Å². The number of carbonyl (C=O) groups is 1. The topological polar surface area (TPSA) is 69.1 Å². The number of nitrogens with two attached hydrogens (primary N) is 2. The Morgan fingerprint density at radius 2 is 2.00 bits per heavy atom. The monoisotopic (exact) mass is 234 g/mol. The molecule has 0 aromatic heterocycles. The molecule has 4 N–H and O–H groups in total. The first kappa shape index (κ1) is 13.7. The first-order valence-electron chi connectivity index (χ1n) is 6.28. The van der Waals surface area contributed by atoms with Crippen molar-refractivity contribution in [3.63, 3.8) is 0 Å². The van der Waals surface area contributed by atoms with Gasteiger partial charge < -0.3 is 11.5 Å². The molecule has 3 nitrogen and oxygen atoms in total. The Bertz CT molecular complexity index is 363. The molecule has 1 aromatic rings. The maximum Gasteiger partial charge on any atom is 0.248 e. The van der Waals surface area contributed by atoms with E-state index in [4.69, 9.17) is 11.5 Å². The summed E-state index contributed by atoms with van der Waals surface area (Å²) in [4.78, 5) is 11.2. The fourth-order valence-corrected chi connectivity index (χ4v) is 2.05. The number of rotatable bonds is 7. The van der Waals surface area contributed by atoms with Gasteiger partial charge in [0, 0.05) is 11.6 Å². The molecule has 0 aliphatic carbocycles. The average molecular weight is 234 g/mol. The largest absolute Gasteiger partial charge is 0.366 e. The van der Waals surface area contributed by atoms with Gasteiger partial charge in [-0.2, -0.15) is 0 Å². The van der Waals surface area contributed by atoms with E-state index in [9.17, 15) is 4.79 Å². The van der Waals surface area contributed by atoms with E-state index in [1.165, 1.54) is 0 Å². The van der Waals surface area contributed by atoms with Crippen LogP contribution in [0.25, 0.3) is 0 Å². The highest BCUT2D eigenvalue weighted by Crippen LogP contribution is 2.13. The Kier molecular flexibility index (Phi) is 5.70. The van der Waals surface area contributed by atoms with Gasteiger partial charge in [0.15, 0.2) is 0 Å². The molecule has 0 bridgehead atoms. The first-order chi connectivity index (χ1) is 8.15. The highest BCUT2D eigenvalue weighted by molar-refractivity contribution is 5.94. The summed E-state index contributed by atoms with van der Waals surface area (Å²) < 4.78 is 0. The first-order valence-corrected chi connectivity index (χ1v) is 6.28. The summed E-state index contributed by atoms with van der Waals surface area (Å²) in [6.07, 6.45) is 5.07. The van der Waals surface area contributed by atoms with Crippen LogP contribution in [0.1, 0.15) is 48.5 Å². The van der Waals surface area contributed by atoms with Gasteiger partial charge >= 0.3 is 0 Å². The van der Waals surface area contributed by atoms with Crippen LogP contribution in [0.4, 0.5) is 0 Å². The molecule has 1 rings (SSSR count). The number of aryl methyl sites for hydroxylation is 1. The molecule has 0 aliphatic heterocycles. The van der Waals surface area contributed by atoms with Crippen molar-refractivity contribution in [1.82, 2.24) is 0 Å². The minimum absolute atomic E-state index is 0.278. The third-order valence-corrected chi connectivity index (χ3v) is 2.96. The van der Waals surface area contributed by atoms with Gasteiger partial charge in [0.1, 0.15) is 0 Å². The average Bonchev–Trinajstić information content (AvgIpc) is 2.30. The molecule has 1 amide bonds. The Balaban J connectivity index is 2.49. The number of carbonyl (C=O) groups excluding carboxylic acids is 1. The van der Waals surface area contributed by atoms with Crippen LogP contribution < -0.4 is 11.5 Å². The summed E-state index contributed by atoms with van der Waals surface area (Å²) in [5.74, 6) is -0.349. The molecule has 0 aliphatic rings. The van der Waals surface area contributed by atoms with Crippen molar-refractivity contribution in [1.29, 1.82) is 0 Å². The molecule has 0 heterocycles. The molecule has 1 atom stereocenters. The van der Waals surface area contributed by atoms with E-state index in [-0.39, 0.29) is 11.9 Å².